The van der Waals surface area contributed by atoms with E-state index in [1.54, 1.807) is 13.3 Å². The quantitative estimate of drug-likeness (QED) is 0.913. The van der Waals surface area contributed by atoms with Crippen LogP contribution in [-0.4, -0.2) is 29.2 Å². The van der Waals surface area contributed by atoms with Crippen molar-refractivity contribution in [3.8, 4) is 0 Å². The van der Waals surface area contributed by atoms with E-state index in [0.29, 0.717) is 0 Å². The van der Waals surface area contributed by atoms with Gasteiger partial charge in [0.1, 0.15) is 12.1 Å². The Kier molecular flexibility index (Phi) is 3.21. The monoisotopic (exact) mass is 271 g/mol. The van der Waals surface area contributed by atoms with Crippen molar-refractivity contribution in [3.63, 3.8) is 0 Å². The Bertz CT molecular complexity index is 336. The Morgan fingerprint density at radius 3 is 2.93 bits per heavy atom. The van der Waals surface area contributed by atoms with Gasteiger partial charge in [-0.15, -0.1) is 0 Å². The molecule has 1 aromatic heterocycles. The largest absolute Gasteiger partial charge is 0.376 e. The maximum Gasteiger partial charge on any atom is 0.143 e. The SMILES string of the molecule is COC1(CNc2ncncc2Br)CCC1. The van der Waals surface area contributed by atoms with E-state index in [0.717, 1.165) is 29.7 Å². The molecule has 0 aromatic carbocycles. The lowest BCUT2D eigenvalue weighted by molar-refractivity contribution is -0.0601. The van der Waals surface area contributed by atoms with Gasteiger partial charge in [0, 0.05) is 19.9 Å². The van der Waals surface area contributed by atoms with Crippen molar-refractivity contribution in [1.82, 2.24) is 9.97 Å². The van der Waals surface area contributed by atoms with E-state index in [2.05, 4.69) is 31.2 Å². The average Bonchev–Trinajstić information content (AvgIpc) is 2.19. The summed E-state index contributed by atoms with van der Waals surface area (Å²) in [6, 6.07) is 0. The van der Waals surface area contributed by atoms with Gasteiger partial charge < -0.3 is 10.1 Å². The number of ether oxygens (including phenoxy) is 1. The third kappa shape index (κ3) is 2.29. The van der Waals surface area contributed by atoms with Crippen LogP contribution in [0.2, 0.25) is 0 Å². The molecular formula is C10H14BrN3O. The first-order chi connectivity index (χ1) is 7.26. The molecule has 0 bridgehead atoms. The number of methoxy groups -OCH3 is 1. The van der Waals surface area contributed by atoms with Gasteiger partial charge in [-0.3, -0.25) is 0 Å². The van der Waals surface area contributed by atoms with Gasteiger partial charge in [-0.05, 0) is 35.2 Å². The molecule has 0 amide bonds. The van der Waals surface area contributed by atoms with Gasteiger partial charge in [-0.2, -0.15) is 0 Å². The molecule has 0 saturated heterocycles. The molecule has 1 saturated carbocycles. The number of hydrogen-bond donors (Lipinski definition) is 1. The van der Waals surface area contributed by atoms with Crippen LogP contribution in [0, 0.1) is 0 Å². The molecule has 1 aliphatic rings. The van der Waals surface area contributed by atoms with Crippen LogP contribution in [0.15, 0.2) is 17.0 Å². The first-order valence-corrected chi connectivity index (χ1v) is 5.80. The molecule has 0 unspecified atom stereocenters. The Morgan fingerprint density at radius 2 is 2.40 bits per heavy atom. The fourth-order valence-corrected chi connectivity index (χ4v) is 2.07. The molecule has 4 nitrogen and oxygen atoms in total. The summed E-state index contributed by atoms with van der Waals surface area (Å²) in [6.45, 7) is 0.805. The zero-order valence-corrected chi connectivity index (χ0v) is 10.2. The lowest BCUT2D eigenvalue weighted by atomic mass is 9.80. The van der Waals surface area contributed by atoms with Crippen molar-refractivity contribution >= 4 is 21.7 Å². The van der Waals surface area contributed by atoms with Crippen molar-refractivity contribution in [1.29, 1.82) is 0 Å². The van der Waals surface area contributed by atoms with E-state index in [1.807, 2.05) is 0 Å². The second kappa shape index (κ2) is 4.45. The van der Waals surface area contributed by atoms with E-state index < -0.39 is 0 Å². The Balaban J connectivity index is 1.95. The zero-order chi connectivity index (χ0) is 10.7. The molecule has 1 aliphatic carbocycles. The number of halogens is 1. The van der Waals surface area contributed by atoms with Gasteiger partial charge in [0.15, 0.2) is 0 Å². The Morgan fingerprint density at radius 1 is 1.60 bits per heavy atom. The zero-order valence-electron chi connectivity index (χ0n) is 8.66. The number of hydrogen-bond acceptors (Lipinski definition) is 4. The average molecular weight is 272 g/mol. The van der Waals surface area contributed by atoms with Crippen LogP contribution in [0.25, 0.3) is 0 Å². The molecule has 0 atom stereocenters. The summed E-state index contributed by atoms with van der Waals surface area (Å²) in [5, 5.41) is 3.28. The summed E-state index contributed by atoms with van der Waals surface area (Å²) < 4.78 is 6.40. The Labute approximate surface area is 97.6 Å². The van der Waals surface area contributed by atoms with Crippen LogP contribution in [0.1, 0.15) is 19.3 Å². The maximum atomic E-state index is 5.51. The lowest BCUT2D eigenvalue weighted by Gasteiger charge is -2.40. The highest BCUT2D eigenvalue weighted by Gasteiger charge is 2.36. The molecule has 1 aromatic rings. The lowest BCUT2D eigenvalue weighted by Crippen LogP contribution is -2.45. The molecule has 82 valence electrons. The topological polar surface area (TPSA) is 47.0 Å². The van der Waals surface area contributed by atoms with Gasteiger partial charge >= 0.3 is 0 Å². The molecule has 1 fully saturated rings. The van der Waals surface area contributed by atoms with Crippen LogP contribution in [0.5, 0.6) is 0 Å². The summed E-state index contributed by atoms with van der Waals surface area (Å²) in [6.07, 6.45) is 6.77. The third-order valence-electron chi connectivity index (χ3n) is 2.94. The highest BCUT2D eigenvalue weighted by Crippen LogP contribution is 2.35. The first-order valence-electron chi connectivity index (χ1n) is 5.00. The molecule has 2 rings (SSSR count). The Hall–Kier alpha value is -0.680. The number of anilines is 1. The summed E-state index contributed by atoms with van der Waals surface area (Å²) >= 11 is 3.40. The predicted molar refractivity (Wildman–Crippen MR) is 61.8 cm³/mol. The number of nitrogens with one attached hydrogen (secondary N) is 1. The van der Waals surface area contributed by atoms with Gasteiger partial charge in [0.05, 0.1) is 10.1 Å². The van der Waals surface area contributed by atoms with Crippen molar-refractivity contribution in [2.24, 2.45) is 0 Å². The highest BCUT2D eigenvalue weighted by molar-refractivity contribution is 9.10. The predicted octanol–water partition coefficient (Wildman–Crippen LogP) is 2.22. The van der Waals surface area contributed by atoms with Gasteiger partial charge in [0.2, 0.25) is 0 Å². The summed E-state index contributed by atoms with van der Waals surface area (Å²) in [5.41, 5.74) is 0.0182. The van der Waals surface area contributed by atoms with E-state index in [9.17, 15) is 0 Å². The summed E-state index contributed by atoms with van der Waals surface area (Å²) in [5.74, 6) is 0.827. The fraction of sp³-hybridized carbons (Fsp3) is 0.600. The molecule has 0 aliphatic heterocycles. The second-order valence-electron chi connectivity index (χ2n) is 3.81. The molecular weight excluding hydrogens is 258 g/mol. The fourth-order valence-electron chi connectivity index (χ4n) is 1.71. The molecule has 1 heterocycles. The number of aromatic nitrogens is 2. The molecule has 0 radical (unpaired) electrons. The minimum absolute atomic E-state index is 0.0182. The number of rotatable bonds is 4. The van der Waals surface area contributed by atoms with Crippen molar-refractivity contribution < 1.29 is 4.74 Å². The second-order valence-corrected chi connectivity index (χ2v) is 4.67. The normalized spacial score (nSPS) is 18.3. The maximum absolute atomic E-state index is 5.51. The van der Waals surface area contributed by atoms with Crippen LogP contribution in [-0.2, 0) is 4.74 Å². The van der Waals surface area contributed by atoms with Crippen LogP contribution in [0.3, 0.4) is 0 Å². The van der Waals surface area contributed by atoms with E-state index >= 15 is 0 Å². The minimum atomic E-state index is 0.0182. The van der Waals surface area contributed by atoms with Gasteiger partial charge in [-0.25, -0.2) is 9.97 Å². The molecule has 1 N–H and O–H groups in total. The van der Waals surface area contributed by atoms with Gasteiger partial charge in [-0.1, -0.05) is 0 Å². The number of nitrogens with zero attached hydrogens (tertiary/aromatic N) is 2. The van der Waals surface area contributed by atoms with Gasteiger partial charge in [0.25, 0.3) is 0 Å². The van der Waals surface area contributed by atoms with E-state index in [1.165, 1.54) is 12.7 Å². The smallest absolute Gasteiger partial charge is 0.143 e. The van der Waals surface area contributed by atoms with E-state index in [-0.39, 0.29) is 5.60 Å². The first kappa shape index (κ1) is 10.8. The minimum Gasteiger partial charge on any atom is -0.376 e. The van der Waals surface area contributed by atoms with Crippen LogP contribution >= 0.6 is 15.9 Å². The van der Waals surface area contributed by atoms with Crippen LogP contribution < -0.4 is 5.32 Å². The molecule has 15 heavy (non-hydrogen) atoms. The third-order valence-corrected chi connectivity index (χ3v) is 3.52. The standard InChI is InChI=1S/C10H14BrN3O/c1-15-10(3-2-4-10)6-13-9-8(11)5-12-7-14-9/h5,7H,2-4,6H2,1H3,(H,12,13,14). The molecule has 5 heteroatoms. The van der Waals surface area contributed by atoms with Crippen LogP contribution in [0.4, 0.5) is 5.82 Å². The summed E-state index contributed by atoms with van der Waals surface area (Å²) in [4.78, 5) is 8.06. The molecule has 0 spiro atoms. The highest BCUT2D eigenvalue weighted by atomic mass is 79.9. The van der Waals surface area contributed by atoms with Crippen molar-refractivity contribution in [3.05, 3.63) is 17.0 Å². The van der Waals surface area contributed by atoms with E-state index in [4.69, 9.17) is 4.74 Å². The summed E-state index contributed by atoms with van der Waals surface area (Å²) in [7, 11) is 1.77. The van der Waals surface area contributed by atoms with Crippen molar-refractivity contribution in [2.75, 3.05) is 19.0 Å². The van der Waals surface area contributed by atoms with Crippen molar-refractivity contribution in [2.45, 2.75) is 24.9 Å².